The van der Waals surface area contributed by atoms with Crippen LogP contribution in [0.25, 0.3) is 0 Å². The average Bonchev–Trinajstić information content (AvgIpc) is 2.97. The number of hydrogen-bond donors (Lipinski definition) is 2. The fraction of sp³-hybridized carbons (Fsp3) is 0.391. The predicted octanol–water partition coefficient (Wildman–Crippen LogP) is 2.33. The van der Waals surface area contributed by atoms with Crippen molar-refractivity contribution in [1.82, 2.24) is 5.32 Å². The van der Waals surface area contributed by atoms with Gasteiger partial charge in [-0.2, -0.15) is 0 Å². The van der Waals surface area contributed by atoms with E-state index in [-0.39, 0.29) is 24.8 Å². The lowest BCUT2D eigenvalue weighted by Crippen LogP contribution is -2.46. The van der Waals surface area contributed by atoms with Crippen molar-refractivity contribution in [1.29, 1.82) is 0 Å². The van der Waals surface area contributed by atoms with Gasteiger partial charge in [0.1, 0.15) is 6.04 Å². The highest BCUT2D eigenvalue weighted by atomic mass is 16.7. The number of ether oxygens (including phenoxy) is 2. The summed E-state index contributed by atoms with van der Waals surface area (Å²) in [5.41, 5.74) is 3.19. The highest BCUT2D eigenvalue weighted by molar-refractivity contribution is 5.85. The Kier molecular flexibility index (Phi) is 6.49. The van der Waals surface area contributed by atoms with Crippen LogP contribution in [0.5, 0.6) is 0 Å². The molecule has 2 aromatic rings. The van der Waals surface area contributed by atoms with Gasteiger partial charge in [-0.05, 0) is 30.5 Å². The molecule has 0 radical (unpaired) electrons. The number of hydrogen-bond acceptors (Lipinski definition) is 6. The summed E-state index contributed by atoms with van der Waals surface area (Å²) in [7, 11) is 0. The van der Waals surface area contributed by atoms with Crippen molar-refractivity contribution in [3.8, 4) is 0 Å². The minimum absolute atomic E-state index is 0.125. The third-order valence-electron chi connectivity index (χ3n) is 5.32. The van der Waals surface area contributed by atoms with Crippen LogP contribution >= 0.6 is 0 Å². The molecule has 0 aliphatic carbocycles. The molecule has 1 amide bonds. The average molecular weight is 409 g/mol. The number of fused-ring (bicyclic) bond motifs is 1. The number of para-hydroxylation sites is 2. The summed E-state index contributed by atoms with van der Waals surface area (Å²) in [4.78, 5) is 26.6. The smallest absolute Gasteiger partial charge is 0.310 e. The molecule has 2 aliphatic rings. The predicted molar refractivity (Wildman–Crippen MR) is 114 cm³/mol. The Morgan fingerprint density at radius 1 is 1.17 bits per heavy atom. The molecule has 0 unspecified atom stereocenters. The molecule has 2 N–H and O–H groups in total. The van der Waals surface area contributed by atoms with E-state index in [0.717, 1.165) is 36.4 Å². The number of cyclic esters (lactones) is 1. The van der Waals surface area contributed by atoms with Crippen LogP contribution < -0.4 is 15.5 Å². The first-order valence-electron chi connectivity index (χ1n) is 10.4. The third-order valence-corrected chi connectivity index (χ3v) is 5.32. The monoisotopic (exact) mass is 409 g/mol. The topological polar surface area (TPSA) is 79.9 Å². The number of amides is 1. The molecule has 1 fully saturated rings. The molecule has 2 aromatic carbocycles. The lowest BCUT2D eigenvalue weighted by atomic mass is 10.2. The van der Waals surface area contributed by atoms with Gasteiger partial charge < -0.3 is 25.0 Å². The lowest BCUT2D eigenvalue weighted by Gasteiger charge is -2.25. The summed E-state index contributed by atoms with van der Waals surface area (Å²) in [6.07, 6.45) is 1.04. The quantitative estimate of drug-likeness (QED) is 0.684. The van der Waals surface area contributed by atoms with Gasteiger partial charge in [0.05, 0.1) is 30.9 Å². The van der Waals surface area contributed by atoms with Gasteiger partial charge in [-0.3, -0.25) is 9.59 Å². The van der Waals surface area contributed by atoms with Crippen LogP contribution in [0.15, 0.2) is 54.6 Å². The van der Waals surface area contributed by atoms with Crippen LogP contribution in [-0.4, -0.2) is 50.4 Å². The molecule has 7 heteroatoms. The molecule has 0 bridgehead atoms. The van der Waals surface area contributed by atoms with E-state index in [1.54, 1.807) is 0 Å². The Hall–Kier alpha value is -3.06. The Balaban J connectivity index is 1.32. The highest BCUT2D eigenvalue weighted by Crippen LogP contribution is 2.27. The zero-order valence-corrected chi connectivity index (χ0v) is 16.9. The number of carbonyl (C=O) groups is 2. The molecule has 1 saturated heterocycles. The van der Waals surface area contributed by atoms with Crippen LogP contribution in [-0.2, 0) is 25.5 Å². The molecule has 158 valence electrons. The molecule has 0 aromatic heterocycles. The van der Waals surface area contributed by atoms with Crippen LogP contribution in [0.2, 0.25) is 0 Å². The summed E-state index contributed by atoms with van der Waals surface area (Å²) >= 11 is 0. The number of benzene rings is 2. The van der Waals surface area contributed by atoms with Gasteiger partial charge in [-0.25, -0.2) is 0 Å². The molecule has 2 aliphatic heterocycles. The maximum atomic E-state index is 12.7. The maximum Gasteiger partial charge on any atom is 0.310 e. The highest BCUT2D eigenvalue weighted by Gasteiger charge is 2.37. The second-order valence-electron chi connectivity index (χ2n) is 7.56. The number of anilines is 2. The molecule has 7 nitrogen and oxygen atoms in total. The first-order chi connectivity index (χ1) is 14.7. The summed E-state index contributed by atoms with van der Waals surface area (Å²) in [5.74, 6) is -0.499. The van der Waals surface area contributed by atoms with E-state index in [9.17, 15) is 9.59 Å². The van der Waals surface area contributed by atoms with E-state index in [1.165, 1.54) is 0 Å². The second-order valence-corrected chi connectivity index (χ2v) is 7.56. The summed E-state index contributed by atoms with van der Waals surface area (Å²) in [5, 5.41) is 6.33. The first kappa shape index (κ1) is 20.2. The van der Waals surface area contributed by atoms with Crippen molar-refractivity contribution in [3.05, 3.63) is 60.2 Å². The molecule has 0 saturated carbocycles. The van der Waals surface area contributed by atoms with Crippen LogP contribution in [0.4, 0.5) is 11.4 Å². The molecule has 30 heavy (non-hydrogen) atoms. The van der Waals surface area contributed by atoms with Crippen molar-refractivity contribution < 1.29 is 19.1 Å². The largest absolute Gasteiger partial charge is 0.433 e. The first-order valence-corrected chi connectivity index (χ1v) is 10.4. The summed E-state index contributed by atoms with van der Waals surface area (Å²) in [6.45, 7) is 2.30. The summed E-state index contributed by atoms with van der Waals surface area (Å²) in [6, 6.07) is 17.5. The minimum Gasteiger partial charge on any atom is -0.433 e. The lowest BCUT2D eigenvalue weighted by molar-refractivity contribution is -0.165. The molecule has 2 heterocycles. The van der Waals surface area contributed by atoms with E-state index >= 15 is 0 Å². The maximum absolute atomic E-state index is 12.7. The van der Waals surface area contributed by atoms with Crippen LogP contribution in [0.3, 0.4) is 0 Å². The fourth-order valence-electron chi connectivity index (χ4n) is 3.84. The Morgan fingerprint density at radius 3 is 2.83 bits per heavy atom. The molecular weight excluding hydrogens is 382 g/mol. The van der Waals surface area contributed by atoms with E-state index < -0.39 is 12.3 Å². The van der Waals surface area contributed by atoms with Crippen molar-refractivity contribution in [3.63, 3.8) is 0 Å². The van der Waals surface area contributed by atoms with Gasteiger partial charge in [0, 0.05) is 13.1 Å². The Labute approximate surface area is 176 Å². The minimum atomic E-state index is -0.747. The van der Waals surface area contributed by atoms with Gasteiger partial charge in [0.15, 0.2) is 0 Å². The number of carbonyl (C=O) groups excluding carboxylic acids is 2. The normalized spacial score (nSPS) is 20.7. The van der Waals surface area contributed by atoms with Crippen molar-refractivity contribution >= 4 is 23.3 Å². The van der Waals surface area contributed by atoms with E-state index in [2.05, 4.69) is 15.5 Å². The van der Waals surface area contributed by atoms with Crippen molar-refractivity contribution in [2.24, 2.45) is 0 Å². The van der Waals surface area contributed by atoms with E-state index in [1.807, 2.05) is 54.6 Å². The summed E-state index contributed by atoms with van der Waals surface area (Å²) < 4.78 is 11.1. The van der Waals surface area contributed by atoms with E-state index in [0.29, 0.717) is 13.0 Å². The molecule has 0 spiro atoms. The van der Waals surface area contributed by atoms with Crippen LogP contribution in [0.1, 0.15) is 18.4 Å². The Morgan fingerprint density at radius 2 is 1.97 bits per heavy atom. The van der Waals surface area contributed by atoms with Gasteiger partial charge in [-0.15, -0.1) is 0 Å². The second kappa shape index (κ2) is 9.63. The SMILES string of the molecule is O=C(CN1CCCNc2ccccc21)N[C@H]1CC(=O)O[C@H]1OCCc1ccccc1. The number of nitrogens with zero attached hydrogens (tertiary/aromatic N) is 1. The van der Waals surface area contributed by atoms with Gasteiger partial charge in [0.25, 0.3) is 0 Å². The fourth-order valence-corrected chi connectivity index (χ4v) is 3.84. The molecular formula is C23H27N3O4. The standard InChI is InChI=1S/C23H27N3O4/c27-21(16-26-13-6-12-24-18-9-4-5-10-20(18)26)25-19-15-22(28)30-23(19)29-14-11-17-7-2-1-3-8-17/h1-5,7-10,19,23-24H,6,11-16H2,(H,25,27)/t19-,23+/m0/s1. The van der Waals surface area contributed by atoms with Crippen molar-refractivity contribution in [2.45, 2.75) is 31.6 Å². The molecule has 4 rings (SSSR count). The molecule has 2 atom stereocenters. The van der Waals surface area contributed by atoms with Gasteiger partial charge >= 0.3 is 5.97 Å². The number of nitrogens with one attached hydrogen (secondary N) is 2. The van der Waals surface area contributed by atoms with Crippen LogP contribution in [0, 0.1) is 0 Å². The van der Waals surface area contributed by atoms with Gasteiger partial charge in [0.2, 0.25) is 12.2 Å². The number of esters is 1. The van der Waals surface area contributed by atoms with Gasteiger partial charge in [-0.1, -0.05) is 42.5 Å². The third kappa shape index (κ3) is 5.10. The number of rotatable bonds is 7. The zero-order valence-electron chi connectivity index (χ0n) is 16.9. The van der Waals surface area contributed by atoms with Crippen molar-refractivity contribution in [2.75, 3.05) is 36.5 Å². The zero-order chi connectivity index (χ0) is 20.8. The van der Waals surface area contributed by atoms with E-state index in [4.69, 9.17) is 9.47 Å². The Bertz CT molecular complexity index is 874.